The Morgan fingerprint density at radius 1 is 1.20 bits per heavy atom. The normalized spacial score (nSPS) is 11.4. The summed E-state index contributed by atoms with van der Waals surface area (Å²) in [4.78, 5) is 37.1. The quantitative estimate of drug-likeness (QED) is 0.238. The van der Waals surface area contributed by atoms with Crippen molar-refractivity contribution in [3.63, 3.8) is 0 Å². The first kappa shape index (κ1) is 26.0. The number of benzene rings is 2. The lowest BCUT2D eigenvalue weighted by atomic mass is 10.2. The summed E-state index contributed by atoms with van der Waals surface area (Å²) in [6.45, 7) is 5.94. The second-order valence-corrected chi connectivity index (χ2v) is 8.70. The van der Waals surface area contributed by atoms with Crippen LogP contribution >= 0.6 is 23.4 Å². The van der Waals surface area contributed by atoms with Gasteiger partial charge in [-0.15, -0.1) is 16.8 Å². The zero-order chi connectivity index (χ0) is 25.4. The van der Waals surface area contributed by atoms with Gasteiger partial charge < -0.3 is 19.9 Å². The van der Waals surface area contributed by atoms with Crippen LogP contribution in [0.15, 0.2) is 66.3 Å². The molecule has 35 heavy (non-hydrogen) atoms. The Morgan fingerprint density at radius 3 is 2.69 bits per heavy atom. The van der Waals surface area contributed by atoms with Crippen LogP contribution in [0.4, 0.5) is 5.69 Å². The van der Waals surface area contributed by atoms with Gasteiger partial charge in [-0.1, -0.05) is 47.6 Å². The molecule has 1 unspecified atom stereocenters. The van der Waals surface area contributed by atoms with E-state index in [1.807, 2.05) is 0 Å². The van der Waals surface area contributed by atoms with Crippen molar-refractivity contribution in [2.24, 2.45) is 0 Å². The number of anilines is 1. The molecule has 2 N–H and O–H groups in total. The summed E-state index contributed by atoms with van der Waals surface area (Å²) in [7, 11) is 1.28. The maximum Gasteiger partial charge on any atom is 0.339 e. The molecule has 182 valence electrons. The third kappa shape index (κ3) is 6.71. The number of rotatable bonds is 10. The SMILES string of the molecule is C=CCn1c(SCC(=O)Nc2ccccc2C(=O)OC)nnc1C(C)NC(=O)c1cccc(Cl)c1. The number of esters is 1. The van der Waals surface area contributed by atoms with E-state index in [1.165, 1.54) is 18.9 Å². The minimum absolute atomic E-state index is 0.0219. The number of para-hydroxylation sites is 1. The molecular formula is C24H24ClN5O4S. The number of nitrogens with one attached hydrogen (secondary N) is 2. The van der Waals surface area contributed by atoms with Gasteiger partial charge in [0.15, 0.2) is 11.0 Å². The molecule has 1 heterocycles. The van der Waals surface area contributed by atoms with E-state index in [0.29, 0.717) is 33.8 Å². The number of nitrogens with zero attached hydrogens (tertiary/aromatic N) is 3. The highest BCUT2D eigenvalue weighted by atomic mass is 35.5. The Kier molecular flexibility index (Phi) is 9.04. The second-order valence-electron chi connectivity index (χ2n) is 7.32. The molecule has 0 aliphatic carbocycles. The molecule has 3 aromatic rings. The number of carbonyl (C=O) groups excluding carboxylic acids is 3. The maximum absolute atomic E-state index is 12.6. The first-order chi connectivity index (χ1) is 16.8. The van der Waals surface area contributed by atoms with Crippen LogP contribution in [0.25, 0.3) is 0 Å². The van der Waals surface area contributed by atoms with E-state index in [4.69, 9.17) is 16.3 Å². The van der Waals surface area contributed by atoms with Gasteiger partial charge in [-0.2, -0.15) is 0 Å². The standard InChI is InChI=1S/C24H24ClN5O4S/c1-4-12-30-21(15(2)26-22(32)16-8-7-9-17(25)13-16)28-29-24(30)35-14-20(31)27-19-11-6-5-10-18(19)23(33)34-3/h4-11,13,15H,1,12,14H2,2-3H3,(H,26,32)(H,27,31). The number of carbonyl (C=O) groups is 3. The van der Waals surface area contributed by atoms with Crippen LogP contribution in [0.1, 0.15) is 39.5 Å². The number of methoxy groups -OCH3 is 1. The Morgan fingerprint density at radius 2 is 1.97 bits per heavy atom. The molecule has 9 nitrogen and oxygen atoms in total. The maximum atomic E-state index is 12.6. The molecule has 0 saturated heterocycles. The third-order valence-corrected chi connectivity index (χ3v) is 6.02. The van der Waals surface area contributed by atoms with Crippen LogP contribution in [-0.4, -0.2) is 45.4 Å². The number of allylic oxidation sites excluding steroid dienone is 1. The van der Waals surface area contributed by atoms with E-state index in [-0.39, 0.29) is 23.1 Å². The summed E-state index contributed by atoms with van der Waals surface area (Å²) in [6, 6.07) is 12.8. The monoisotopic (exact) mass is 513 g/mol. The van der Waals surface area contributed by atoms with Crippen LogP contribution in [0.5, 0.6) is 0 Å². The average molecular weight is 514 g/mol. The first-order valence-electron chi connectivity index (χ1n) is 10.5. The summed E-state index contributed by atoms with van der Waals surface area (Å²) in [6.07, 6.45) is 1.68. The van der Waals surface area contributed by atoms with Gasteiger partial charge in [0, 0.05) is 17.1 Å². The zero-order valence-electron chi connectivity index (χ0n) is 19.2. The van der Waals surface area contributed by atoms with Crippen LogP contribution in [0.3, 0.4) is 0 Å². The zero-order valence-corrected chi connectivity index (χ0v) is 20.7. The van der Waals surface area contributed by atoms with Gasteiger partial charge in [0.1, 0.15) is 0 Å². The van der Waals surface area contributed by atoms with Crippen molar-refractivity contribution in [3.8, 4) is 0 Å². The van der Waals surface area contributed by atoms with Gasteiger partial charge in [0.05, 0.1) is 30.2 Å². The minimum Gasteiger partial charge on any atom is -0.465 e. The highest BCUT2D eigenvalue weighted by Gasteiger charge is 2.21. The lowest BCUT2D eigenvalue weighted by Gasteiger charge is -2.15. The average Bonchev–Trinajstić information content (AvgIpc) is 3.25. The van der Waals surface area contributed by atoms with Gasteiger partial charge in [-0.3, -0.25) is 9.59 Å². The number of hydrogen-bond donors (Lipinski definition) is 2. The minimum atomic E-state index is -0.544. The molecular weight excluding hydrogens is 490 g/mol. The van der Waals surface area contributed by atoms with Crippen LogP contribution < -0.4 is 10.6 Å². The molecule has 0 aliphatic heterocycles. The molecule has 0 bridgehead atoms. The first-order valence-corrected chi connectivity index (χ1v) is 11.9. The number of thioether (sulfide) groups is 1. The van der Waals surface area contributed by atoms with Gasteiger partial charge in [-0.05, 0) is 37.3 Å². The van der Waals surface area contributed by atoms with Crippen molar-refractivity contribution in [1.29, 1.82) is 0 Å². The number of amides is 2. The van der Waals surface area contributed by atoms with Crippen molar-refractivity contribution in [3.05, 3.63) is 83.2 Å². The summed E-state index contributed by atoms with van der Waals surface area (Å²) in [5, 5.41) is 15.0. The third-order valence-electron chi connectivity index (χ3n) is 4.82. The molecule has 0 aliphatic rings. The molecule has 2 aromatic carbocycles. The largest absolute Gasteiger partial charge is 0.465 e. The highest BCUT2D eigenvalue weighted by molar-refractivity contribution is 7.99. The number of aromatic nitrogens is 3. The predicted octanol–water partition coefficient (Wildman–Crippen LogP) is 4.13. The number of ether oxygens (including phenoxy) is 1. The van der Waals surface area contributed by atoms with E-state index in [0.717, 1.165) is 0 Å². The van der Waals surface area contributed by atoms with Crippen LogP contribution in [0, 0.1) is 0 Å². The van der Waals surface area contributed by atoms with Crippen molar-refractivity contribution in [2.45, 2.75) is 24.7 Å². The van der Waals surface area contributed by atoms with Crippen molar-refractivity contribution in [2.75, 3.05) is 18.2 Å². The summed E-state index contributed by atoms with van der Waals surface area (Å²) in [5.41, 5.74) is 1.04. The van der Waals surface area contributed by atoms with Crippen LogP contribution in [-0.2, 0) is 16.1 Å². The van der Waals surface area contributed by atoms with Crippen molar-refractivity contribution < 1.29 is 19.1 Å². The lowest BCUT2D eigenvalue weighted by molar-refractivity contribution is -0.113. The smallest absolute Gasteiger partial charge is 0.339 e. The Bertz CT molecular complexity index is 1250. The molecule has 0 fully saturated rings. The Balaban J connectivity index is 1.68. The van der Waals surface area contributed by atoms with Gasteiger partial charge >= 0.3 is 5.97 Å². The van der Waals surface area contributed by atoms with E-state index in [9.17, 15) is 14.4 Å². The molecule has 0 radical (unpaired) electrons. The lowest BCUT2D eigenvalue weighted by Crippen LogP contribution is -2.28. The molecule has 2 amide bonds. The predicted molar refractivity (Wildman–Crippen MR) is 135 cm³/mol. The number of hydrogen-bond acceptors (Lipinski definition) is 7. The van der Waals surface area contributed by atoms with Gasteiger partial charge in [0.2, 0.25) is 5.91 Å². The van der Waals surface area contributed by atoms with E-state index >= 15 is 0 Å². The summed E-state index contributed by atoms with van der Waals surface area (Å²) >= 11 is 7.15. The fraction of sp³-hybridized carbons (Fsp3) is 0.208. The highest BCUT2D eigenvalue weighted by Crippen LogP contribution is 2.22. The molecule has 0 spiro atoms. The van der Waals surface area contributed by atoms with Crippen molar-refractivity contribution in [1.82, 2.24) is 20.1 Å². The fourth-order valence-corrected chi connectivity index (χ4v) is 4.14. The van der Waals surface area contributed by atoms with E-state index in [1.54, 1.807) is 66.1 Å². The Hall–Kier alpha value is -3.63. The fourth-order valence-electron chi connectivity index (χ4n) is 3.20. The Labute approximate surface area is 211 Å². The topological polar surface area (TPSA) is 115 Å². The second kappa shape index (κ2) is 12.2. The molecule has 1 atom stereocenters. The molecule has 0 saturated carbocycles. The van der Waals surface area contributed by atoms with Gasteiger partial charge in [-0.25, -0.2) is 4.79 Å². The van der Waals surface area contributed by atoms with Crippen LogP contribution in [0.2, 0.25) is 5.02 Å². The molecule has 11 heteroatoms. The molecule has 1 aromatic heterocycles. The van der Waals surface area contributed by atoms with Crippen molar-refractivity contribution >= 4 is 46.8 Å². The number of halogens is 1. The van der Waals surface area contributed by atoms with E-state index < -0.39 is 12.0 Å². The van der Waals surface area contributed by atoms with Gasteiger partial charge in [0.25, 0.3) is 5.91 Å². The van der Waals surface area contributed by atoms with E-state index in [2.05, 4.69) is 27.4 Å². The summed E-state index contributed by atoms with van der Waals surface area (Å²) in [5.74, 6) is -0.639. The summed E-state index contributed by atoms with van der Waals surface area (Å²) < 4.78 is 6.53. The molecule has 3 rings (SSSR count).